The van der Waals surface area contributed by atoms with E-state index in [0.29, 0.717) is 13.2 Å². The monoisotopic (exact) mass is 291 g/mol. The summed E-state index contributed by atoms with van der Waals surface area (Å²) < 4.78 is 17.6. The van der Waals surface area contributed by atoms with E-state index in [2.05, 4.69) is 17.5 Å². The second kappa shape index (κ2) is 6.34. The number of furan rings is 1. The Bertz CT molecular complexity index is 484. The molecule has 3 rings (SSSR count). The fourth-order valence-electron chi connectivity index (χ4n) is 3.51. The number of hydrogen-bond acceptors (Lipinski definition) is 4. The van der Waals surface area contributed by atoms with Gasteiger partial charge in [-0.05, 0) is 38.4 Å². The molecule has 1 spiro atoms. The molecule has 2 saturated heterocycles. The minimum Gasteiger partial charge on any atom is -0.465 e. The number of piperidine rings is 1. The molecule has 2 aliphatic rings. The highest BCUT2D eigenvalue weighted by Crippen LogP contribution is 2.36. The van der Waals surface area contributed by atoms with Crippen molar-refractivity contribution in [2.45, 2.75) is 44.4 Å². The molecule has 2 atom stereocenters. The van der Waals surface area contributed by atoms with Crippen LogP contribution < -0.4 is 0 Å². The van der Waals surface area contributed by atoms with Crippen LogP contribution in [-0.2, 0) is 16.0 Å². The van der Waals surface area contributed by atoms with Crippen LogP contribution in [0.2, 0.25) is 0 Å². The van der Waals surface area contributed by atoms with Gasteiger partial charge in [-0.2, -0.15) is 0 Å². The summed E-state index contributed by atoms with van der Waals surface area (Å²) in [6.45, 7) is 9.97. The number of rotatable bonds is 5. The number of nitrogens with zero attached hydrogens (tertiary/aromatic N) is 1. The third kappa shape index (κ3) is 3.57. The molecule has 0 N–H and O–H groups in total. The predicted octanol–water partition coefficient (Wildman–Crippen LogP) is 2.91. The van der Waals surface area contributed by atoms with Crippen molar-refractivity contribution in [1.29, 1.82) is 0 Å². The summed E-state index contributed by atoms with van der Waals surface area (Å²) in [6, 6.07) is 4.10. The van der Waals surface area contributed by atoms with Crippen LogP contribution in [0.15, 0.2) is 29.2 Å². The highest BCUT2D eigenvalue weighted by molar-refractivity contribution is 5.06. The average molecular weight is 291 g/mol. The number of ether oxygens (including phenoxy) is 2. The molecular formula is C17H25NO3. The van der Waals surface area contributed by atoms with Gasteiger partial charge in [0.05, 0.1) is 31.5 Å². The van der Waals surface area contributed by atoms with Crippen molar-refractivity contribution >= 4 is 0 Å². The zero-order valence-corrected chi connectivity index (χ0v) is 12.8. The second-order valence-electron chi connectivity index (χ2n) is 6.27. The molecular weight excluding hydrogens is 266 g/mol. The Morgan fingerprint density at radius 2 is 2.43 bits per heavy atom. The maximum absolute atomic E-state index is 6.13. The first-order chi connectivity index (χ1) is 10.2. The lowest BCUT2D eigenvalue weighted by Crippen LogP contribution is -2.47. The van der Waals surface area contributed by atoms with Crippen molar-refractivity contribution in [2.24, 2.45) is 0 Å². The summed E-state index contributed by atoms with van der Waals surface area (Å²) >= 11 is 0. The predicted molar refractivity (Wildman–Crippen MR) is 81.2 cm³/mol. The van der Waals surface area contributed by atoms with E-state index in [1.54, 1.807) is 6.08 Å². The number of aryl methyl sites for hydroxylation is 1. The summed E-state index contributed by atoms with van der Waals surface area (Å²) in [5.41, 5.74) is -0.0221. The molecule has 4 heteroatoms. The van der Waals surface area contributed by atoms with Crippen molar-refractivity contribution in [1.82, 2.24) is 4.90 Å². The third-order valence-electron chi connectivity index (χ3n) is 4.42. The Kier molecular flexibility index (Phi) is 4.48. The van der Waals surface area contributed by atoms with Gasteiger partial charge in [-0.15, -0.1) is 6.58 Å². The fourth-order valence-corrected chi connectivity index (χ4v) is 3.51. The molecule has 0 unspecified atom stereocenters. The van der Waals surface area contributed by atoms with Gasteiger partial charge >= 0.3 is 0 Å². The Hall–Kier alpha value is -1.10. The highest BCUT2D eigenvalue weighted by Gasteiger charge is 2.43. The van der Waals surface area contributed by atoms with Crippen LogP contribution in [0, 0.1) is 6.92 Å². The molecule has 0 aliphatic carbocycles. The molecule has 21 heavy (non-hydrogen) atoms. The molecule has 3 heterocycles. The Balaban J connectivity index is 1.57. The smallest absolute Gasteiger partial charge is 0.118 e. The van der Waals surface area contributed by atoms with Crippen molar-refractivity contribution < 1.29 is 13.9 Å². The molecule has 1 aromatic rings. The van der Waals surface area contributed by atoms with E-state index in [1.165, 1.54) is 6.42 Å². The number of hydrogen-bond donors (Lipinski definition) is 0. The Morgan fingerprint density at radius 1 is 1.52 bits per heavy atom. The average Bonchev–Trinajstić information content (AvgIpc) is 3.04. The van der Waals surface area contributed by atoms with Crippen LogP contribution in [-0.4, -0.2) is 42.9 Å². The molecule has 4 nitrogen and oxygen atoms in total. The van der Waals surface area contributed by atoms with E-state index in [4.69, 9.17) is 13.9 Å². The fraction of sp³-hybridized carbons (Fsp3) is 0.647. The van der Waals surface area contributed by atoms with Gasteiger partial charge in [0.1, 0.15) is 11.5 Å². The summed E-state index contributed by atoms with van der Waals surface area (Å²) in [5, 5.41) is 0. The molecule has 2 aliphatic heterocycles. The first-order valence-corrected chi connectivity index (χ1v) is 7.83. The minimum atomic E-state index is -0.0221. The SMILES string of the molecule is C=CCO[C@@H]1CO[C@]2(CCCN(Cc3ccc(C)o3)C2)C1. The van der Waals surface area contributed by atoms with Crippen LogP contribution >= 0.6 is 0 Å². The van der Waals surface area contributed by atoms with Crippen LogP contribution in [0.5, 0.6) is 0 Å². The maximum Gasteiger partial charge on any atom is 0.118 e. The van der Waals surface area contributed by atoms with E-state index < -0.39 is 0 Å². The van der Waals surface area contributed by atoms with E-state index in [1.807, 2.05) is 13.0 Å². The van der Waals surface area contributed by atoms with E-state index in [9.17, 15) is 0 Å². The Morgan fingerprint density at radius 3 is 3.19 bits per heavy atom. The van der Waals surface area contributed by atoms with Gasteiger partial charge in [0.2, 0.25) is 0 Å². The topological polar surface area (TPSA) is 34.8 Å². The van der Waals surface area contributed by atoms with Crippen molar-refractivity contribution in [3.63, 3.8) is 0 Å². The lowest BCUT2D eigenvalue weighted by atomic mass is 9.89. The molecule has 0 amide bonds. The highest BCUT2D eigenvalue weighted by atomic mass is 16.6. The zero-order valence-electron chi connectivity index (χ0n) is 12.8. The van der Waals surface area contributed by atoms with Gasteiger partial charge < -0.3 is 13.9 Å². The van der Waals surface area contributed by atoms with Gasteiger partial charge in [-0.3, -0.25) is 4.90 Å². The van der Waals surface area contributed by atoms with E-state index in [0.717, 1.165) is 44.0 Å². The zero-order chi connectivity index (χ0) is 14.7. The molecule has 0 bridgehead atoms. The largest absolute Gasteiger partial charge is 0.465 e. The van der Waals surface area contributed by atoms with Gasteiger partial charge in [0.15, 0.2) is 0 Å². The Labute approximate surface area is 126 Å². The van der Waals surface area contributed by atoms with Crippen LogP contribution in [0.1, 0.15) is 30.8 Å². The molecule has 116 valence electrons. The van der Waals surface area contributed by atoms with Gasteiger partial charge in [0, 0.05) is 13.0 Å². The van der Waals surface area contributed by atoms with Crippen molar-refractivity contribution in [2.75, 3.05) is 26.3 Å². The minimum absolute atomic E-state index is 0.0221. The van der Waals surface area contributed by atoms with E-state index in [-0.39, 0.29) is 11.7 Å². The summed E-state index contributed by atoms with van der Waals surface area (Å²) in [6.07, 6.45) is 5.32. The number of likely N-dealkylation sites (tertiary alicyclic amines) is 1. The quantitative estimate of drug-likeness (QED) is 0.781. The lowest BCUT2D eigenvalue weighted by molar-refractivity contribution is -0.0555. The van der Waals surface area contributed by atoms with Crippen LogP contribution in [0.25, 0.3) is 0 Å². The summed E-state index contributed by atoms with van der Waals surface area (Å²) in [5.74, 6) is 2.02. The molecule has 0 radical (unpaired) electrons. The van der Waals surface area contributed by atoms with Crippen LogP contribution in [0.3, 0.4) is 0 Å². The second-order valence-corrected chi connectivity index (χ2v) is 6.27. The van der Waals surface area contributed by atoms with Gasteiger partial charge in [0.25, 0.3) is 0 Å². The van der Waals surface area contributed by atoms with Crippen molar-refractivity contribution in [3.05, 3.63) is 36.3 Å². The lowest BCUT2D eigenvalue weighted by Gasteiger charge is -2.39. The van der Waals surface area contributed by atoms with Crippen molar-refractivity contribution in [3.8, 4) is 0 Å². The maximum atomic E-state index is 6.13. The first kappa shape index (κ1) is 14.8. The third-order valence-corrected chi connectivity index (χ3v) is 4.42. The first-order valence-electron chi connectivity index (χ1n) is 7.83. The van der Waals surface area contributed by atoms with Gasteiger partial charge in [-0.25, -0.2) is 0 Å². The summed E-state index contributed by atoms with van der Waals surface area (Å²) in [4.78, 5) is 2.44. The summed E-state index contributed by atoms with van der Waals surface area (Å²) in [7, 11) is 0. The normalized spacial score (nSPS) is 30.0. The molecule has 0 aromatic carbocycles. The standard InChI is InChI=1S/C17H25NO3/c1-3-9-19-16-10-17(20-12-16)7-4-8-18(13-17)11-15-6-5-14(2)21-15/h3,5-6,16H,1,4,7-13H2,2H3/t16-,17+/m0/s1. The van der Waals surface area contributed by atoms with Gasteiger partial charge in [-0.1, -0.05) is 6.08 Å². The molecule has 2 fully saturated rings. The molecule has 1 aromatic heterocycles. The molecule has 0 saturated carbocycles. The van der Waals surface area contributed by atoms with Crippen LogP contribution in [0.4, 0.5) is 0 Å². The van der Waals surface area contributed by atoms with E-state index >= 15 is 0 Å².